The fourth-order valence-corrected chi connectivity index (χ4v) is 3.52. The highest BCUT2D eigenvalue weighted by molar-refractivity contribution is 7.89. The molecule has 0 aliphatic carbocycles. The molecule has 0 aliphatic rings. The number of nitrogens with one attached hydrogen (secondary N) is 1. The number of hydrazine groups is 1. The van der Waals surface area contributed by atoms with Crippen LogP contribution in [0.1, 0.15) is 13.3 Å². The van der Waals surface area contributed by atoms with Crippen LogP contribution in [0.15, 0.2) is 29.4 Å². The number of fused-ring (bicyclic) bond motifs is 1. The monoisotopic (exact) mass is 308 g/mol. The second-order valence-electron chi connectivity index (χ2n) is 4.57. The molecule has 0 spiro atoms. The molecule has 1 atom stereocenters. The molecule has 3 N–H and O–H groups in total. The van der Waals surface area contributed by atoms with E-state index in [4.69, 9.17) is 11.1 Å². The van der Waals surface area contributed by atoms with E-state index in [1.54, 1.807) is 31.3 Å². The number of nitrogen functional groups attached to an aromatic ring is 1. The van der Waals surface area contributed by atoms with Crippen LogP contribution in [0.25, 0.3) is 5.65 Å². The molecule has 9 heteroatoms. The van der Waals surface area contributed by atoms with E-state index in [0.29, 0.717) is 5.65 Å². The van der Waals surface area contributed by atoms with E-state index in [1.165, 1.54) is 11.4 Å². The summed E-state index contributed by atoms with van der Waals surface area (Å²) in [4.78, 5) is 4.14. The first-order chi connectivity index (χ1) is 9.93. The maximum absolute atomic E-state index is 12.8. The van der Waals surface area contributed by atoms with E-state index in [2.05, 4.69) is 10.4 Å². The summed E-state index contributed by atoms with van der Waals surface area (Å²) >= 11 is 0. The second-order valence-corrected chi connectivity index (χ2v) is 6.48. The number of imidazole rings is 1. The minimum Gasteiger partial charge on any atom is -0.306 e. The van der Waals surface area contributed by atoms with Crippen molar-refractivity contribution in [2.24, 2.45) is 5.84 Å². The quantitative estimate of drug-likeness (QED) is 0.615. The molecule has 0 aromatic carbocycles. The van der Waals surface area contributed by atoms with Crippen LogP contribution in [0.2, 0.25) is 0 Å². The SMILES string of the molecule is CC(CC#N)N(C)S(=O)(=O)c1c(NN)nc2ccccn12. The molecule has 0 radical (unpaired) electrons. The third kappa shape index (κ3) is 2.56. The third-order valence-electron chi connectivity index (χ3n) is 3.25. The number of pyridine rings is 1. The Morgan fingerprint density at radius 2 is 2.29 bits per heavy atom. The Morgan fingerprint density at radius 3 is 2.90 bits per heavy atom. The van der Waals surface area contributed by atoms with Gasteiger partial charge in [-0.05, 0) is 19.1 Å². The van der Waals surface area contributed by atoms with E-state index in [9.17, 15) is 8.42 Å². The highest BCUT2D eigenvalue weighted by Gasteiger charge is 2.31. The van der Waals surface area contributed by atoms with Gasteiger partial charge in [0.25, 0.3) is 10.0 Å². The fourth-order valence-electron chi connectivity index (χ4n) is 1.95. The van der Waals surface area contributed by atoms with Crippen molar-refractivity contribution < 1.29 is 8.42 Å². The Labute approximate surface area is 122 Å². The van der Waals surface area contributed by atoms with Crippen LogP contribution in [-0.4, -0.2) is 35.2 Å². The summed E-state index contributed by atoms with van der Waals surface area (Å²) in [6.07, 6.45) is 1.69. The van der Waals surface area contributed by atoms with Gasteiger partial charge in [-0.1, -0.05) is 6.07 Å². The van der Waals surface area contributed by atoms with Crippen LogP contribution in [0.4, 0.5) is 5.82 Å². The van der Waals surface area contributed by atoms with E-state index >= 15 is 0 Å². The van der Waals surface area contributed by atoms with Crippen molar-refractivity contribution in [1.82, 2.24) is 13.7 Å². The average Bonchev–Trinajstić information content (AvgIpc) is 2.85. The lowest BCUT2D eigenvalue weighted by atomic mass is 10.3. The normalized spacial score (nSPS) is 13.3. The molecule has 21 heavy (non-hydrogen) atoms. The van der Waals surface area contributed by atoms with Crippen LogP contribution in [0.5, 0.6) is 0 Å². The molecule has 8 nitrogen and oxygen atoms in total. The first-order valence-corrected chi connectivity index (χ1v) is 7.66. The maximum atomic E-state index is 12.8. The topological polar surface area (TPSA) is 117 Å². The molecule has 0 bridgehead atoms. The molecular formula is C12H16N6O2S. The van der Waals surface area contributed by atoms with Gasteiger partial charge in [0.1, 0.15) is 5.65 Å². The number of sulfonamides is 1. The Hall–Kier alpha value is -2.15. The molecule has 2 heterocycles. The van der Waals surface area contributed by atoms with Gasteiger partial charge < -0.3 is 5.43 Å². The number of hydrogen-bond donors (Lipinski definition) is 2. The van der Waals surface area contributed by atoms with Crippen molar-refractivity contribution >= 4 is 21.5 Å². The van der Waals surface area contributed by atoms with Crippen molar-refractivity contribution in [1.29, 1.82) is 5.26 Å². The number of hydrogen-bond acceptors (Lipinski definition) is 6. The van der Waals surface area contributed by atoms with Gasteiger partial charge in [-0.3, -0.25) is 4.40 Å². The molecule has 112 valence electrons. The Balaban J connectivity index is 2.62. The van der Waals surface area contributed by atoms with Gasteiger partial charge in [-0.15, -0.1) is 0 Å². The number of nitriles is 1. The zero-order chi connectivity index (χ0) is 15.6. The Kier molecular flexibility index (Phi) is 4.13. The lowest BCUT2D eigenvalue weighted by Crippen LogP contribution is -2.36. The summed E-state index contributed by atoms with van der Waals surface area (Å²) in [7, 11) is -2.42. The summed E-state index contributed by atoms with van der Waals surface area (Å²) in [5.41, 5.74) is 2.78. The largest absolute Gasteiger partial charge is 0.306 e. The van der Waals surface area contributed by atoms with Gasteiger partial charge in [0, 0.05) is 19.3 Å². The Bertz CT molecular complexity index is 792. The van der Waals surface area contributed by atoms with Crippen LogP contribution in [0, 0.1) is 11.3 Å². The highest BCUT2D eigenvalue weighted by Crippen LogP contribution is 2.26. The molecular weight excluding hydrogens is 292 g/mol. The number of rotatable bonds is 5. The van der Waals surface area contributed by atoms with Crippen LogP contribution >= 0.6 is 0 Å². The zero-order valence-electron chi connectivity index (χ0n) is 11.7. The summed E-state index contributed by atoms with van der Waals surface area (Å²) < 4.78 is 28.1. The van der Waals surface area contributed by atoms with E-state index < -0.39 is 16.1 Å². The van der Waals surface area contributed by atoms with Crippen molar-refractivity contribution in [3.63, 3.8) is 0 Å². The molecule has 0 amide bonds. The van der Waals surface area contributed by atoms with Crippen molar-refractivity contribution in [3.8, 4) is 6.07 Å². The van der Waals surface area contributed by atoms with Gasteiger partial charge in [0.05, 0.1) is 12.5 Å². The molecule has 0 aliphatic heterocycles. The average molecular weight is 308 g/mol. The van der Waals surface area contributed by atoms with E-state index in [1.807, 2.05) is 6.07 Å². The number of anilines is 1. The lowest BCUT2D eigenvalue weighted by molar-refractivity contribution is 0.391. The van der Waals surface area contributed by atoms with Crippen LogP contribution in [0.3, 0.4) is 0 Å². The first kappa shape index (κ1) is 15.2. The molecule has 0 fully saturated rings. The van der Waals surface area contributed by atoms with Crippen LogP contribution < -0.4 is 11.3 Å². The summed E-state index contributed by atoms with van der Waals surface area (Å²) in [6.45, 7) is 1.67. The second kappa shape index (κ2) is 5.69. The highest BCUT2D eigenvalue weighted by atomic mass is 32.2. The predicted molar refractivity (Wildman–Crippen MR) is 77.6 cm³/mol. The number of aromatic nitrogens is 2. The van der Waals surface area contributed by atoms with Crippen molar-refractivity contribution in [2.75, 3.05) is 12.5 Å². The predicted octanol–water partition coefficient (Wildman–Crippen LogP) is 0.543. The lowest BCUT2D eigenvalue weighted by Gasteiger charge is -2.22. The smallest absolute Gasteiger partial charge is 0.262 e. The minimum atomic E-state index is -3.85. The molecule has 2 aromatic rings. The summed E-state index contributed by atoms with van der Waals surface area (Å²) in [5, 5.41) is 8.68. The molecule has 0 saturated carbocycles. The van der Waals surface area contributed by atoms with Gasteiger partial charge in [0.2, 0.25) is 5.03 Å². The summed E-state index contributed by atoms with van der Waals surface area (Å²) in [5.74, 6) is 5.45. The fraction of sp³-hybridized carbons (Fsp3) is 0.333. The van der Waals surface area contributed by atoms with E-state index in [-0.39, 0.29) is 17.3 Å². The van der Waals surface area contributed by atoms with Crippen LogP contribution in [-0.2, 0) is 10.0 Å². The maximum Gasteiger partial charge on any atom is 0.262 e. The Morgan fingerprint density at radius 1 is 1.57 bits per heavy atom. The first-order valence-electron chi connectivity index (χ1n) is 6.22. The third-order valence-corrected chi connectivity index (χ3v) is 5.25. The van der Waals surface area contributed by atoms with E-state index in [0.717, 1.165) is 4.31 Å². The van der Waals surface area contributed by atoms with Gasteiger partial charge in [0.15, 0.2) is 5.82 Å². The number of nitrogens with zero attached hydrogens (tertiary/aromatic N) is 4. The van der Waals surface area contributed by atoms with Gasteiger partial charge in [-0.2, -0.15) is 9.57 Å². The van der Waals surface area contributed by atoms with Crippen molar-refractivity contribution in [3.05, 3.63) is 24.4 Å². The summed E-state index contributed by atoms with van der Waals surface area (Å²) in [6, 6.07) is 6.64. The van der Waals surface area contributed by atoms with Gasteiger partial charge >= 0.3 is 0 Å². The molecule has 2 rings (SSSR count). The minimum absolute atomic E-state index is 0.0483. The molecule has 0 saturated heterocycles. The zero-order valence-corrected chi connectivity index (χ0v) is 12.5. The standard InChI is InChI=1S/C12H16N6O2S/c1-9(6-7-13)17(2)21(19,20)12-11(16-14)15-10-5-3-4-8-18(10)12/h3-5,8-9,16H,6,14H2,1-2H3. The van der Waals surface area contributed by atoms with Crippen molar-refractivity contribution in [2.45, 2.75) is 24.4 Å². The number of nitrogens with two attached hydrogens (primary N) is 1. The van der Waals surface area contributed by atoms with Gasteiger partial charge in [-0.25, -0.2) is 19.2 Å². The molecule has 1 unspecified atom stereocenters. The molecule has 2 aromatic heterocycles.